The molecule has 8 heteroatoms. The van der Waals surface area contributed by atoms with Crippen LogP contribution in [0.2, 0.25) is 0 Å². The maximum Gasteiger partial charge on any atom is 0.247 e. The number of thioether (sulfide) groups is 1. The number of nitrogens with zero attached hydrogens (tertiary/aromatic N) is 3. The number of likely N-dealkylation sites (N-methyl/N-ethyl adjacent to an activating group) is 1. The number of fused-ring (bicyclic) bond motifs is 1. The van der Waals surface area contributed by atoms with Crippen LogP contribution in [0.4, 0.5) is 0 Å². The summed E-state index contributed by atoms with van der Waals surface area (Å²) in [7, 11) is 1.73. The molecule has 3 rings (SSSR count). The van der Waals surface area contributed by atoms with E-state index < -0.39 is 32.9 Å². The first kappa shape index (κ1) is 24.8. The summed E-state index contributed by atoms with van der Waals surface area (Å²) in [4.78, 5) is 46.2. The molecule has 2 unspecified atom stereocenters. The molecular weight excluding hydrogens is 426 g/mol. The summed E-state index contributed by atoms with van der Waals surface area (Å²) in [5, 5.41) is 9.73. The molecule has 3 saturated heterocycles. The van der Waals surface area contributed by atoms with Crippen LogP contribution in [-0.4, -0.2) is 91.9 Å². The van der Waals surface area contributed by atoms with Gasteiger partial charge in [-0.2, -0.15) is 0 Å². The molecule has 178 valence electrons. The summed E-state index contributed by atoms with van der Waals surface area (Å²) in [5.74, 6) is -1.47. The first-order valence-electron chi connectivity index (χ1n) is 11.3. The van der Waals surface area contributed by atoms with Crippen LogP contribution >= 0.6 is 11.8 Å². The van der Waals surface area contributed by atoms with E-state index in [4.69, 9.17) is 0 Å². The third kappa shape index (κ3) is 3.59. The normalized spacial score (nSPS) is 33.2. The zero-order valence-electron chi connectivity index (χ0n) is 20.0. The van der Waals surface area contributed by atoms with Gasteiger partial charge in [0.2, 0.25) is 17.7 Å². The van der Waals surface area contributed by atoms with Gasteiger partial charge in [0.1, 0.15) is 6.04 Å². The molecule has 3 fully saturated rings. The van der Waals surface area contributed by atoms with Crippen LogP contribution in [0.3, 0.4) is 0 Å². The van der Waals surface area contributed by atoms with E-state index in [1.165, 1.54) is 0 Å². The fourth-order valence-electron chi connectivity index (χ4n) is 5.92. The number of carbonyl (C=O) groups excluding carboxylic acids is 3. The predicted octanol–water partition coefficient (Wildman–Crippen LogP) is 1.92. The molecule has 3 aliphatic heterocycles. The van der Waals surface area contributed by atoms with Crippen LogP contribution in [-0.2, 0) is 14.4 Å². The molecule has 0 saturated carbocycles. The first-order valence-corrected chi connectivity index (χ1v) is 12.1. The lowest BCUT2D eigenvalue weighted by molar-refractivity contribution is -0.146. The molecule has 3 amide bonds. The van der Waals surface area contributed by atoms with Gasteiger partial charge in [-0.25, -0.2) is 0 Å². The van der Waals surface area contributed by atoms with E-state index in [1.54, 1.807) is 45.7 Å². The minimum atomic E-state index is -0.708. The Hall–Kier alpha value is -1.80. The number of β-amino-alcohol motifs (C(OH)–C–C–N with tert-alkyl or cyclic N) is 1. The van der Waals surface area contributed by atoms with E-state index in [-0.39, 0.29) is 30.9 Å². The topological polar surface area (TPSA) is 81.2 Å². The lowest BCUT2D eigenvalue weighted by Gasteiger charge is -2.42. The molecule has 0 radical (unpaired) electrons. The molecule has 5 atom stereocenters. The Balaban J connectivity index is 2.10. The lowest BCUT2D eigenvalue weighted by atomic mass is 9.66. The van der Waals surface area contributed by atoms with E-state index in [9.17, 15) is 19.5 Å². The molecule has 3 heterocycles. The Morgan fingerprint density at radius 3 is 2.38 bits per heavy atom. The van der Waals surface area contributed by atoms with Gasteiger partial charge >= 0.3 is 0 Å². The molecule has 0 aromatic heterocycles. The SMILES string of the molecule is C=CCN(C)C(=O)[C@H]1[C@H]2C(=O)N(CCO)C(C(=O)N(CC=C)C(C)(C)C)C23CC[C@]1(C)S3. The summed E-state index contributed by atoms with van der Waals surface area (Å²) < 4.78 is -1.07. The van der Waals surface area contributed by atoms with Crippen molar-refractivity contribution >= 4 is 29.5 Å². The number of likely N-dealkylation sites (tertiary alicyclic amines) is 1. The fourth-order valence-corrected chi connectivity index (χ4v) is 8.27. The maximum atomic E-state index is 14.0. The van der Waals surface area contributed by atoms with Crippen molar-refractivity contribution in [3.63, 3.8) is 0 Å². The van der Waals surface area contributed by atoms with Crippen LogP contribution in [0, 0.1) is 11.8 Å². The van der Waals surface area contributed by atoms with Crippen molar-refractivity contribution in [2.45, 2.75) is 61.6 Å². The number of hydrogen-bond acceptors (Lipinski definition) is 5. The fraction of sp³-hybridized carbons (Fsp3) is 0.708. The zero-order chi connectivity index (χ0) is 24.1. The summed E-state index contributed by atoms with van der Waals surface area (Å²) >= 11 is 1.65. The number of rotatable bonds is 8. The summed E-state index contributed by atoms with van der Waals surface area (Å²) in [6.07, 6.45) is 4.84. The van der Waals surface area contributed by atoms with Crippen molar-refractivity contribution in [3.05, 3.63) is 25.3 Å². The van der Waals surface area contributed by atoms with Gasteiger partial charge in [-0.1, -0.05) is 12.2 Å². The second kappa shape index (κ2) is 8.52. The molecule has 1 spiro atoms. The highest BCUT2D eigenvalue weighted by Crippen LogP contribution is 2.71. The molecular formula is C24H37N3O4S. The monoisotopic (exact) mass is 463 g/mol. The zero-order valence-corrected chi connectivity index (χ0v) is 20.8. The first-order chi connectivity index (χ1) is 14.9. The van der Waals surface area contributed by atoms with Crippen LogP contribution in [0.15, 0.2) is 25.3 Å². The molecule has 7 nitrogen and oxygen atoms in total. The van der Waals surface area contributed by atoms with Crippen molar-refractivity contribution in [2.75, 3.05) is 33.3 Å². The van der Waals surface area contributed by atoms with Gasteiger partial charge in [-0.05, 0) is 40.5 Å². The third-order valence-corrected chi connectivity index (χ3v) is 9.27. The van der Waals surface area contributed by atoms with Gasteiger partial charge < -0.3 is 19.8 Å². The van der Waals surface area contributed by atoms with Gasteiger partial charge in [0.15, 0.2) is 0 Å². The van der Waals surface area contributed by atoms with Crippen LogP contribution in [0.1, 0.15) is 40.5 Å². The van der Waals surface area contributed by atoms with Gasteiger partial charge in [-0.15, -0.1) is 24.9 Å². The van der Waals surface area contributed by atoms with Crippen molar-refractivity contribution < 1.29 is 19.5 Å². The summed E-state index contributed by atoms with van der Waals surface area (Å²) in [6, 6.07) is -0.708. The van der Waals surface area contributed by atoms with Gasteiger partial charge in [0, 0.05) is 37.0 Å². The van der Waals surface area contributed by atoms with Crippen LogP contribution < -0.4 is 0 Å². The average molecular weight is 464 g/mol. The minimum Gasteiger partial charge on any atom is -0.395 e. The van der Waals surface area contributed by atoms with E-state index in [1.807, 2.05) is 20.8 Å². The maximum absolute atomic E-state index is 14.0. The number of aliphatic hydroxyl groups excluding tert-OH is 1. The second-order valence-electron chi connectivity index (χ2n) is 10.4. The van der Waals surface area contributed by atoms with Gasteiger partial charge in [-0.3, -0.25) is 14.4 Å². The van der Waals surface area contributed by atoms with Gasteiger partial charge in [0.05, 0.1) is 23.2 Å². The Kier molecular flexibility index (Phi) is 6.61. The van der Waals surface area contributed by atoms with Crippen molar-refractivity contribution in [1.82, 2.24) is 14.7 Å². The molecule has 3 aliphatic rings. The van der Waals surface area contributed by atoms with Crippen LogP contribution in [0.25, 0.3) is 0 Å². The Bertz CT molecular complexity index is 825. The number of carbonyl (C=O) groups is 3. The number of aliphatic hydroxyl groups is 1. The third-order valence-electron chi connectivity index (χ3n) is 7.28. The average Bonchev–Trinajstić information content (AvgIpc) is 3.26. The highest BCUT2D eigenvalue weighted by molar-refractivity contribution is 8.02. The number of hydrogen-bond donors (Lipinski definition) is 1. The van der Waals surface area contributed by atoms with E-state index >= 15 is 0 Å². The predicted molar refractivity (Wildman–Crippen MR) is 127 cm³/mol. The Labute approximate surface area is 195 Å². The Morgan fingerprint density at radius 2 is 1.84 bits per heavy atom. The van der Waals surface area contributed by atoms with E-state index in [0.29, 0.717) is 19.5 Å². The molecule has 0 aliphatic carbocycles. The largest absolute Gasteiger partial charge is 0.395 e. The quantitative estimate of drug-likeness (QED) is 0.556. The van der Waals surface area contributed by atoms with Crippen molar-refractivity contribution in [2.24, 2.45) is 11.8 Å². The summed E-state index contributed by atoms with van der Waals surface area (Å²) in [5.41, 5.74) is -0.460. The van der Waals surface area contributed by atoms with Gasteiger partial charge in [0.25, 0.3) is 0 Å². The number of amides is 3. The smallest absolute Gasteiger partial charge is 0.247 e. The highest BCUT2D eigenvalue weighted by Gasteiger charge is 2.77. The molecule has 1 N–H and O–H groups in total. The molecule has 0 aromatic rings. The molecule has 2 bridgehead atoms. The molecule has 32 heavy (non-hydrogen) atoms. The van der Waals surface area contributed by atoms with E-state index in [0.717, 1.165) is 6.42 Å². The van der Waals surface area contributed by atoms with Crippen LogP contribution in [0.5, 0.6) is 0 Å². The second-order valence-corrected chi connectivity index (χ2v) is 12.3. The minimum absolute atomic E-state index is 0.0735. The highest BCUT2D eigenvalue weighted by atomic mass is 32.2. The Morgan fingerprint density at radius 1 is 1.22 bits per heavy atom. The molecule has 0 aromatic carbocycles. The van der Waals surface area contributed by atoms with Crippen molar-refractivity contribution in [3.8, 4) is 0 Å². The lowest BCUT2D eigenvalue weighted by Crippen LogP contribution is -2.59. The summed E-state index contributed by atoms with van der Waals surface area (Å²) in [6.45, 7) is 16.1. The standard InChI is InChI=1S/C24H37N3O4S/c1-8-12-25(7)19(29)16-17-20(30)26(14-15-28)18(24(17)11-10-23(16,6)32-24)21(31)27(13-9-2)22(3,4)5/h8-9,16-18,28H,1-2,10-15H2,3-7H3/t16-,17+,18?,23+,24?/m1/s1. The van der Waals surface area contributed by atoms with Crippen molar-refractivity contribution in [1.29, 1.82) is 0 Å². The van der Waals surface area contributed by atoms with E-state index in [2.05, 4.69) is 20.1 Å².